The largest absolute Gasteiger partial charge is 0.486 e. The third kappa shape index (κ3) is 4.20. The Morgan fingerprint density at radius 3 is 2.80 bits per heavy atom. The third-order valence-electron chi connectivity index (χ3n) is 3.66. The third-order valence-corrected chi connectivity index (χ3v) is 4.94. The minimum absolute atomic E-state index is 0.00763. The normalized spacial score (nSPS) is 15.2. The fraction of sp³-hybridized carbons (Fsp3) is 0.375. The van der Waals surface area contributed by atoms with Crippen LogP contribution in [0.4, 0.5) is 13.2 Å². The first kappa shape index (κ1) is 18.3. The van der Waals surface area contributed by atoms with E-state index < -0.39 is 17.2 Å². The van der Waals surface area contributed by atoms with Gasteiger partial charge in [0.25, 0.3) is 0 Å². The van der Waals surface area contributed by atoms with Crippen molar-refractivity contribution in [2.45, 2.75) is 18.8 Å². The van der Waals surface area contributed by atoms with Crippen LogP contribution in [0.25, 0.3) is 0 Å². The van der Waals surface area contributed by atoms with E-state index >= 15 is 0 Å². The number of halogens is 4. The van der Waals surface area contributed by atoms with Crippen molar-refractivity contribution in [3.63, 3.8) is 0 Å². The fourth-order valence-corrected chi connectivity index (χ4v) is 3.58. The zero-order valence-electron chi connectivity index (χ0n) is 12.9. The fourth-order valence-electron chi connectivity index (χ4n) is 2.51. The molecule has 1 aliphatic rings. The van der Waals surface area contributed by atoms with Crippen LogP contribution in [0.1, 0.15) is 22.1 Å². The van der Waals surface area contributed by atoms with Gasteiger partial charge in [-0.3, -0.25) is 0 Å². The second kappa shape index (κ2) is 7.41. The summed E-state index contributed by atoms with van der Waals surface area (Å²) in [6, 6.07) is 4.61. The van der Waals surface area contributed by atoms with Crippen LogP contribution in [0.5, 0.6) is 11.5 Å². The standard InChI is InChI=1S/C16H15ClF3NO3S/c17-11-5-10(6-13-14(11)24-3-2-23-13)12(22)8-21-7-9-1-4-25-15(9)16(18,19)20/h1,4-6,12,21-22H,2-3,7-8H2/t12-/m0/s1. The SMILES string of the molecule is O[C@@H](CNCc1ccsc1C(F)(F)F)c1cc(Cl)c2c(c1)OCCO2. The molecule has 2 aromatic rings. The highest BCUT2D eigenvalue weighted by atomic mass is 35.5. The molecule has 0 radical (unpaired) electrons. The Hall–Kier alpha value is -1.48. The van der Waals surface area contributed by atoms with Crippen molar-refractivity contribution < 1.29 is 27.8 Å². The Morgan fingerprint density at radius 1 is 1.28 bits per heavy atom. The van der Waals surface area contributed by atoms with Crippen LogP contribution < -0.4 is 14.8 Å². The van der Waals surface area contributed by atoms with Gasteiger partial charge in [0.2, 0.25) is 0 Å². The minimum Gasteiger partial charge on any atom is -0.486 e. The number of aliphatic hydroxyl groups excluding tert-OH is 1. The summed E-state index contributed by atoms with van der Waals surface area (Å²) in [6.45, 7) is 0.870. The maximum Gasteiger partial charge on any atom is 0.425 e. The number of ether oxygens (including phenoxy) is 2. The highest BCUT2D eigenvalue weighted by molar-refractivity contribution is 7.10. The van der Waals surface area contributed by atoms with Crippen molar-refractivity contribution in [2.24, 2.45) is 0 Å². The molecule has 0 amide bonds. The Balaban J connectivity index is 1.63. The molecule has 4 nitrogen and oxygen atoms in total. The van der Waals surface area contributed by atoms with Gasteiger partial charge in [0.15, 0.2) is 11.5 Å². The highest BCUT2D eigenvalue weighted by Crippen LogP contribution is 2.40. The van der Waals surface area contributed by atoms with Crippen LogP contribution in [0.2, 0.25) is 5.02 Å². The molecule has 9 heteroatoms. The van der Waals surface area contributed by atoms with E-state index in [0.29, 0.717) is 46.6 Å². The van der Waals surface area contributed by atoms with Gasteiger partial charge in [-0.25, -0.2) is 0 Å². The molecule has 1 aromatic heterocycles. The van der Waals surface area contributed by atoms with Crippen LogP contribution in [0.15, 0.2) is 23.6 Å². The van der Waals surface area contributed by atoms with Crippen LogP contribution in [0.3, 0.4) is 0 Å². The molecule has 0 saturated heterocycles. The zero-order chi connectivity index (χ0) is 18.0. The molecular formula is C16H15ClF3NO3S. The molecule has 136 valence electrons. The van der Waals surface area contributed by atoms with Crippen molar-refractivity contribution in [2.75, 3.05) is 19.8 Å². The van der Waals surface area contributed by atoms with Gasteiger partial charge in [0.1, 0.15) is 18.1 Å². The van der Waals surface area contributed by atoms with E-state index in [-0.39, 0.29) is 18.7 Å². The number of fused-ring (bicyclic) bond motifs is 1. The van der Waals surface area contributed by atoms with Crippen molar-refractivity contribution >= 4 is 22.9 Å². The molecule has 25 heavy (non-hydrogen) atoms. The average molecular weight is 394 g/mol. The summed E-state index contributed by atoms with van der Waals surface area (Å²) in [5.41, 5.74) is 0.660. The van der Waals surface area contributed by atoms with E-state index in [0.717, 1.165) is 0 Å². The topological polar surface area (TPSA) is 50.7 Å². The second-order valence-electron chi connectivity index (χ2n) is 5.45. The lowest BCUT2D eigenvalue weighted by atomic mass is 10.1. The molecule has 0 fully saturated rings. The summed E-state index contributed by atoms with van der Waals surface area (Å²) in [4.78, 5) is -0.628. The maximum absolute atomic E-state index is 12.8. The molecule has 2 heterocycles. The molecule has 1 aromatic carbocycles. The molecule has 1 atom stereocenters. The first-order valence-electron chi connectivity index (χ1n) is 7.47. The van der Waals surface area contributed by atoms with Gasteiger partial charge in [0.05, 0.1) is 11.1 Å². The summed E-state index contributed by atoms with van der Waals surface area (Å²) in [6.07, 6.45) is -5.31. The molecule has 0 bridgehead atoms. The van der Waals surface area contributed by atoms with Crippen molar-refractivity contribution in [3.8, 4) is 11.5 Å². The van der Waals surface area contributed by atoms with Crippen molar-refractivity contribution in [3.05, 3.63) is 44.6 Å². The number of hydrogen-bond acceptors (Lipinski definition) is 5. The smallest absolute Gasteiger partial charge is 0.425 e. The van der Waals surface area contributed by atoms with E-state index in [2.05, 4.69) is 5.32 Å². The first-order chi connectivity index (χ1) is 11.9. The summed E-state index contributed by atoms with van der Waals surface area (Å²) in [5, 5.41) is 14.8. The number of thiophene rings is 1. The van der Waals surface area contributed by atoms with Gasteiger partial charge < -0.3 is 19.9 Å². The predicted octanol–water partition coefficient (Wildman–Crippen LogP) is 4.01. The second-order valence-corrected chi connectivity index (χ2v) is 6.77. The Bertz CT molecular complexity index is 751. The van der Waals surface area contributed by atoms with E-state index in [1.54, 1.807) is 12.1 Å². The van der Waals surface area contributed by atoms with Gasteiger partial charge in [-0.2, -0.15) is 13.2 Å². The molecule has 0 aliphatic carbocycles. The molecular weight excluding hydrogens is 379 g/mol. The van der Waals surface area contributed by atoms with Crippen LogP contribution in [-0.2, 0) is 12.7 Å². The molecule has 3 rings (SSSR count). The quantitative estimate of drug-likeness (QED) is 0.805. The van der Waals surface area contributed by atoms with Crippen molar-refractivity contribution in [1.82, 2.24) is 5.32 Å². The number of alkyl halides is 3. The number of hydrogen-bond donors (Lipinski definition) is 2. The average Bonchev–Trinajstić information content (AvgIpc) is 3.03. The van der Waals surface area contributed by atoms with E-state index in [1.807, 2.05) is 0 Å². The molecule has 0 saturated carbocycles. The Kier molecular flexibility index (Phi) is 5.43. The van der Waals surface area contributed by atoms with Gasteiger partial charge in [0, 0.05) is 13.1 Å². The van der Waals surface area contributed by atoms with Crippen LogP contribution in [0, 0.1) is 0 Å². The Morgan fingerprint density at radius 2 is 2.04 bits per heavy atom. The number of aliphatic hydroxyl groups is 1. The summed E-state index contributed by atoms with van der Waals surface area (Å²) in [7, 11) is 0. The van der Waals surface area contributed by atoms with Gasteiger partial charge in [-0.1, -0.05) is 11.6 Å². The van der Waals surface area contributed by atoms with Crippen LogP contribution >= 0.6 is 22.9 Å². The van der Waals surface area contributed by atoms with E-state index in [9.17, 15) is 18.3 Å². The molecule has 0 unspecified atom stereocenters. The van der Waals surface area contributed by atoms with E-state index in [1.165, 1.54) is 11.4 Å². The highest BCUT2D eigenvalue weighted by Gasteiger charge is 2.34. The number of rotatable bonds is 5. The maximum atomic E-state index is 12.8. The van der Waals surface area contributed by atoms with Gasteiger partial charge >= 0.3 is 6.18 Å². The monoisotopic (exact) mass is 393 g/mol. The lowest BCUT2D eigenvalue weighted by Crippen LogP contribution is -2.22. The number of nitrogens with one attached hydrogen (secondary N) is 1. The summed E-state index contributed by atoms with van der Waals surface area (Å²) >= 11 is 6.77. The summed E-state index contributed by atoms with van der Waals surface area (Å²) in [5.74, 6) is 0.884. The molecule has 1 aliphatic heterocycles. The van der Waals surface area contributed by atoms with Crippen LogP contribution in [-0.4, -0.2) is 24.9 Å². The molecule has 2 N–H and O–H groups in total. The van der Waals surface area contributed by atoms with Crippen molar-refractivity contribution in [1.29, 1.82) is 0 Å². The van der Waals surface area contributed by atoms with E-state index in [4.69, 9.17) is 21.1 Å². The minimum atomic E-state index is -4.37. The first-order valence-corrected chi connectivity index (χ1v) is 8.73. The van der Waals surface area contributed by atoms with Gasteiger partial charge in [-0.15, -0.1) is 11.3 Å². The zero-order valence-corrected chi connectivity index (χ0v) is 14.5. The van der Waals surface area contributed by atoms with Gasteiger partial charge in [-0.05, 0) is 34.7 Å². The summed E-state index contributed by atoms with van der Waals surface area (Å²) < 4.78 is 49.3. The predicted molar refractivity (Wildman–Crippen MR) is 88.4 cm³/mol. The Labute approximate surface area is 151 Å². The lowest BCUT2D eigenvalue weighted by molar-refractivity contribution is -0.134. The molecule has 0 spiro atoms. The number of benzene rings is 1. The lowest BCUT2D eigenvalue weighted by Gasteiger charge is -2.21.